The van der Waals surface area contributed by atoms with Crippen LogP contribution in [0.15, 0.2) is 24.3 Å². The molecule has 1 heterocycles. The summed E-state index contributed by atoms with van der Waals surface area (Å²) in [6.07, 6.45) is 0. The van der Waals surface area contributed by atoms with E-state index >= 15 is 0 Å². The molecule has 1 aromatic heterocycles. The van der Waals surface area contributed by atoms with Crippen LogP contribution in [0.25, 0.3) is 0 Å². The van der Waals surface area contributed by atoms with E-state index in [2.05, 4.69) is 20.3 Å². The Morgan fingerprint density at radius 2 is 2.00 bits per heavy atom. The highest BCUT2D eigenvalue weighted by Gasteiger charge is 2.12. The van der Waals surface area contributed by atoms with E-state index in [1.165, 1.54) is 7.11 Å². The lowest BCUT2D eigenvalue weighted by molar-refractivity contribution is 0.0950. The number of aromatic nitrogens is 3. The summed E-state index contributed by atoms with van der Waals surface area (Å²) in [7, 11) is 5.09. The van der Waals surface area contributed by atoms with Gasteiger partial charge < -0.3 is 15.0 Å². The first kappa shape index (κ1) is 16.0. The van der Waals surface area contributed by atoms with Crippen LogP contribution in [0.3, 0.4) is 0 Å². The van der Waals surface area contributed by atoms with Gasteiger partial charge in [0.15, 0.2) is 5.82 Å². The molecule has 0 aliphatic heterocycles. The normalized spacial score (nSPS) is 10.2. The smallest absolute Gasteiger partial charge is 0.321 e. The molecule has 0 aliphatic carbocycles. The number of nitrogens with zero attached hydrogens (tertiary/aromatic N) is 4. The fraction of sp³-hybridized carbons (Fsp3) is 0.286. The summed E-state index contributed by atoms with van der Waals surface area (Å²) in [5.41, 5.74) is 0.401. The molecule has 7 nitrogen and oxygen atoms in total. The molecule has 0 saturated heterocycles. The number of hydrogen-bond acceptors (Lipinski definition) is 6. The van der Waals surface area contributed by atoms with Crippen LogP contribution in [0, 0.1) is 0 Å². The van der Waals surface area contributed by atoms with Crippen molar-refractivity contribution in [3.8, 4) is 6.01 Å². The van der Waals surface area contributed by atoms with Gasteiger partial charge in [-0.2, -0.15) is 15.0 Å². The SMILES string of the molecule is COc1nc(CNC(=O)c2ccccc2Cl)nc(N(C)C)n1. The van der Waals surface area contributed by atoms with Gasteiger partial charge in [-0.05, 0) is 12.1 Å². The van der Waals surface area contributed by atoms with Crippen molar-refractivity contribution in [1.82, 2.24) is 20.3 Å². The van der Waals surface area contributed by atoms with Crippen LogP contribution in [0.5, 0.6) is 6.01 Å². The van der Waals surface area contributed by atoms with Crippen LogP contribution < -0.4 is 15.0 Å². The van der Waals surface area contributed by atoms with Crippen molar-refractivity contribution in [2.45, 2.75) is 6.54 Å². The number of benzene rings is 1. The first-order valence-electron chi connectivity index (χ1n) is 6.50. The van der Waals surface area contributed by atoms with E-state index in [4.69, 9.17) is 16.3 Å². The van der Waals surface area contributed by atoms with Crippen LogP contribution in [-0.4, -0.2) is 42.1 Å². The molecule has 0 radical (unpaired) electrons. The van der Waals surface area contributed by atoms with Crippen molar-refractivity contribution in [2.75, 3.05) is 26.1 Å². The van der Waals surface area contributed by atoms with Gasteiger partial charge in [0.1, 0.15) is 0 Å². The molecule has 0 bridgehead atoms. The van der Waals surface area contributed by atoms with Gasteiger partial charge in [-0.1, -0.05) is 23.7 Å². The zero-order valence-electron chi connectivity index (χ0n) is 12.5. The first-order valence-corrected chi connectivity index (χ1v) is 6.88. The van der Waals surface area contributed by atoms with Crippen LogP contribution in [0.1, 0.15) is 16.2 Å². The molecule has 22 heavy (non-hydrogen) atoms. The minimum atomic E-state index is -0.295. The second-order valence-electron chi connectivity index (χ2n) is 4.60. The minimum absolute atomic E-state index is 0.143. The number of halogens is 1. The molecule has 0 fully saturated rings. The summed E-state index contributed by atoms with van der Waals surface area (Å²) in [6, 6.07) is 7.01. The van der Waals surface area contributed by atoms with Gasteiger partial charge >= 0.3 is 6.01 Å². The summed E-state index contributed by atoms with van der Waals surface area (Å²) in [6.45, 7) is 0.143. The first-order chi connectivity index (χ1) is 10.5. The van der Waals surface area contributed by atoms with E-state index in [1.54, 1.807) is 43.3 Å². The van der Waals surface area contributed by atoms with Gasteiger partial charge in [0.2, 0.25) is 5.95 Å². The average molecular weight is 322 g/mol. The van der Waals surface area contributed by atoms with Gasteiger partial charge in [-0.25, -0.2) is 0 Å². The van der Waals surface area contributed by atoms with E-state index in [0.717, 1.165) is 0 Å². The maximum atomic E-state index is 12.1. The van der Waals surface area contributed by atoms with Crippen LogP contribution in [-0.2, 0) is 6.54 Å². The second-order valence-corrected chi connectivity index (χ2v) is 5.00. The largest absolute Gasteiger partial charge is 0.467 e. The summed E-state index contributed by atoms with van der Waals surface area (Å²) >= 11 is 5.99. The number of anilines is 1. The summed E-state index contributed by atoms with van der Waals surface area (Å²) in [5.74, 6) is 0.557. The lowest BCUT2D eigenvalue weighted by Gasteiger charge is -2.12. The average Bonchev–Trinajstić information content (AvgIpc) is 2.52. The van der Waals surface area contributed by atoms with E-state index in [1.807, 2.05) is 0 Å². The zero-order valence-corrected chi connectivity index (χ0v) is 13.3. The third kappa shape index (κ3) is 3.82. The van der Waals surface area contributed by atoms with Crippen LogP contribution in [0.4, 0.5) is 5.95 Å². The standard InChI is InChI=1S/C14H16ClN5O2/c1-20(2)13-17-11(18-14(19-13)22-3)8-16-12(21)9-6-4-5-7-10(9)15/h4-7H,8H2,1-3H3,(H,16,21). The number of rotatable bonds is 5. The van der Waals surface area contributed by atoms with Crippen molar-refractivity contribution < 1.29 is 9.53 Å². The molecule has 1 amide bonds. The fourth-order valence-corrected chi connectivity index (χ4v) is 1.88. The Balaban J connectivity index is 2.13. The molecule has 0 spiro atoms. The fourth-order valence-electron chi connectivity index (χ4n) is 1.66. The molecular weight excluding hydrogens is 306 g/mol. The van der Waals surface area contributed by atoms with Crippen molar-refractivity contribution in [3.05, 3.63) is 40.7 Å². The molecule has 1 aromatic carbocycles. The third-order valence-electron chi connectivity index (χ3n) is 2.76. The van der Waals surface area contributed by atoms with Crippen molar-refractivity contribution >= 4 is 23.5 Å². The van der Waals surface area contributed by atoms with Gasteiger partial charge in [-0.3, -0.25) is 4.79 Å². The number of carbonyl (C=O) groups is 1. The predicted octanol–water partition coefficient (Wildman–Crippen LogP) is 1.53. The maximum absolute atomic E-state index is 12.1. The number of amides is 1. The van der Waals surface area contributed by atoms with Gasteiger partial charge in [0.25, 0.3) is 5.91 Å². The predicted molar refractivity (Wildman–Crippen MR) is 83.3 cm³/mol. The summed E-state index contributed by atoms with van der Waals surface area (Å²) < 4.78 is 5.03. The van der Waals surface area contributed by atoms with Gasteiger partial charge in [0, 0.05) is 14.1 Å². The van der Waals surface area contributed by atoms with Gasteiger partial charge in [-0.15, -0.1) is 0 Å². The maximum Gasteiger partial charge on any atom is 0.321 e. The van der Waals surface area contributed by atoms with E-state index in [0.29, 0.717) is 22.4 Å². The molecule has 0 atom stereocenters. The highest BCUT2D eigenvalue weighted by molar-refractivity contribution is 6.33. The van der Waals surface area contributed by atoms with E-state index < -0.39 is 0 Å². The number of carbonyl (C=O) groups excluding carboxylic acids is 1. The summed E-state index contributed by atoms with van der Waals surface area (Å²) in [4.78, 5) is 26.3. The Morgan fingerprint density at radius 1 is 1.27 bits per heavy atom. The number of hydrogen-bond donors (Lipinski definition) is 1. The molecule has 116 valence electrons. The molecule has 0 unspecified atom stereocenters. The van der Waals surface area contributed by atoms with Crippen molar-refractivity contribution in [2.24, 2.45) is 0 Å². The second kappa shape index (κ2) is 7.04. The Kier molecular flexibility index (Phi) is 5.11. The van der Waals surface area contributed by atoms with E-state index in [-0.39, 0.29) is 18.5 Å². The third-order valence-corrected chi connectivity index (χ3v) is 3.09. The molecular formula is C14H16ClN5O2. The van der Waals surface area contributed by atoms with E-state index in [9.17, 15) is 4.79 Å². The quantitative estimate of drug-likeness (QED) is 0.899. The highest BCUT2D eigenvalue weighted by Crippen LogP contribution is 2.15. The number of ether oxygens (including phenoxy) is 1. The van der Waals surface area contributed by atoms with Crippen molar-refractivity contribution in [1.29, 1.82) is 0 Å². The lowest BCUT2D eigenvalue weighted by atomic mass is 10.2. The molecule has 2 aromatic rings. The molecule has 0 saturated carbocycles. The minimum Gasteiger partial charge on any atom is -0.467 e. The lowest BCUT2D eigenvalue weighted by Crippen LogP contribution is -2.25. The Labute approximate surface area is 133 Å². The molecule has 2 rings (SSSR count). The molecule has 8 heteroatoms. The Morgan fingerprint density at radius 3 is 2.64 bits per heavy atom. The van der Waals surface area contributed by atoms with Crippen molar-refractivity contribution in [3.63, 3.8) is 0 Å². The topological polar surface area (TPSA) is 80.2 Å². The zero-order chi connectivity index (χ0) is 16.1. The van der Waals surface area contributed by atoms with Crippen LogP contribution >= 0.6 is 11.6 Å². The van der Waals surface area contributed by atoms with Gasteiger partial charge in [0.05, 0.1) is 24.2 Å². The molecule has 1 N–H and O–H groups in total. The summed E-state index contributed by atoms with van der Waals surface area (Å²) in [5, 5.41) is 3.11. The Hall–Kier alpha value is -2.41. The monoisotopic (exact) mass is 321 g/mol. The highest BCUT2D eigenvalue weighted by atomic mass is 35.5. The molecule has 0 aliphatic rings. The number of nitrogens with one attached hydrogen (secondary N) is 1. The number of methoxy groups -OCH3 is 1. The van der Waals surface area contributed by atoms with Crippen LogP contribution in [0.2, 0.25) is 5.02 Å². The Bertz CT molecular complexity index is 678.